The third kappa shape index (κ3) is 4.22. The van der Waals surface area contributed by atoms with E-state index >= 15 is 0 Å². The predicted molar refractivity (Wildman–Crippen MR) is 124 cm³/mol. The number of para-hydroxylation sites is 2. The second-order valence-electron chi connectivity index (χ2n) is 7.48. The zero-order valence-corrected chi connectivity index (χ0v) is 18.0. The maximum atomic E-state index is 13.5. The van der Waals surface area contributed by atoms with Crippen LogP contribution in [-0.4, -0.2) is 14.5 Å². The van der Waals surface area contributed by atoms with Crippen LogP contribution < -0.4 is 5.56 Å². The lowest BCUT2D eigenvalue weighted by Gasteiger charge is -2.18. The largest absolute Gasteiger partial charge is 0.269 e. The normalized spacial score (nSPS) is 11.2. The van der Waals surface area contributed by atoms with Crippen molar-refractivity contribution in [3.8, 4) is 5.69 Å². The summed E-state index contributed by atoms with van der Waals surface area (Å²) in [6.07, 6.45) is 0. The molecule has 1 aromatic heterocycles. The molecule has 4 rings (SSSR count). The Morgan fingerprint density at radius 2 is 1.77 bits per heavy atom. The van der Waals surface area contributed by atoms with E-state index in [4.69, 9.17) is 4.98 Å². The van der Waals surface area contributed by atoms with E-state index in [-0.39, 0.29) is 17.2 Å². The van der Waals surface area contributed by atoms with Crippen LogP contribution in [0, 0.1) is 10.1 Å². The van der Waals surface area contributed by atoms with Gasteiger partial charge in [-0.3, -0.25) is 19.5 Å². The van der Waals surface area contributed by atoms with E-state index in [0.717, 1.165) is 16.8 Å². The molecule has 0 amide bonds. The monoisotopic (exact) mass is 431 g/mol. The Morgan fingerprint density at radius 1 is 1.03 bits per heavy atom. The van der Waals surface area contributed by atoms with Crippen molar-refractivity contribution in [3.05, 3.63) is 104 Å². The number of nitro benzene ring substituents is 1. The molecule has 0 N–H and O–H groups in total. The first-order valence-corrected chi connectivity index (χ1v) is 10.9. The minimum Gasteiger partial charge on any atom is -0.268 e. The van der Waals surface area contributed by atoms with E-state index in [1.54, 1.807) is 22.8 Å². The molecule has 6 nitrogen and oxygen atoms in total. The van der Waals surface area contributed by atoms with Gasteiger partial charge in [-0.05, 0) is 35.2 Å². The van der Waals surface area contributed by atoms with Gasteiger partial charge in [0.25, 0.3) is 11.2 Å². The first-order chi connectivity index (χ1) is 15.0. The molecule has 4 aromatic rings. The second-order valence-corrected chi connectivity index (χ2v) is 8.42. The Labute approximate surface area is 183 Å². The third-order valence-corrected chi connectivity index (χ3v) is 6.04. The highest BCUT2D eigenvalue weighted by Gasteiger charge is 2.17. The van der Waals surface area contributed by atoms with Gasteiger partial charge in [0.2, 0.25) is 0 Å². The fourth-order valence-electron chi connectivity index (χ4n) is 3.51. The van der Waals surface area contributed by atoms with Gasteiger partial charge in [0.05, 0.1) is 21.5 Å². The number of non-ortho nitro benzene ring substituents is 1. The summed E-state index contributed by atoms with van der Waals surface area (Å²) < 4.78 is 1.67. The van der Waals surface area contributed by atoms with Crippen molar-refractivity contribution in [2.75, 3.05) is 0 Å². The molecule has 0 saturated carbocycles. The van der Waals surface area contributed by atoms with Crippen LogP contribution in [0.15, 0.2) is 82.7 Å². The van der Waals surface area contributed by atoms with Crippen LogP contribution in [0.1, 0.15) is 30.9 Å². The Hall–Kier alpha value is -3.45. The molecule has 7 heteroatoms. The summed E-state index contributed by atoms with van der Waals surface area (Å²) in [7, 11) is 0. The minimum absolute atomic E-state index is 0.0483. The summed E-state index contributed by atoms with van der Waals surface area (Å²) in [5.41, 5.74) is 3.21. The lowest BCUT2D eigenvalue weighted by molar-refractivity contribution is -0.384. The fourth-order valence-corrected chi connectivity index (χ4v) is 4.46. The van der Waals surface area contributed by atoms with Gasteiger partial charge >= 0.3 is 0 Å². The molecule has 0 atom stereocenters. The molecule has 0 fully saturated rings. The molecule has 0 spiro atoms. The Bertz CT molecular complexity index is 1330. The van der Waals surface area contributed by atoms with E-state index < -0.39 is 4.92 Å². The summed E-state index contributed by atoms with van der Waals surface area (Å²) in [4.78, 5) is 29.0. The number of fused-ring (bicyclic) bond motifs is 1. The molecule has 0 unspecified atom stereocenters. The summed E-state index contributed by atoms with van der Waals surface area (Å²) in [6.45, 7) is 4.18. The lowest BCUT2D eigenvalue weighted by atomic mass is 10.0. The zero-order valence-electron chi connectivity index (χ0n) is 17.2. The molecular formula is C24H21N3O3S. The highest BCUT2D eigenvalue weighted by molar-refractivity contribution is 7.98. The fraction of sp³-hybridized carbons (Fsp3) is 0.167. The molecule has 31 heavy (non-hydrogen) atoms. The van der Waals surface area contributed by atoms with Gasteiger partial charge < -0.3 is 0 Å². The number of aromatic nitrogens is 2. The average Bonchev–Trinajstić information content (AvgIpc) is 2.78. The van der Waals surface area contributed by atoms with Crippen LogP contribution in [0.3, 0.4) is 0 Å². The number of thioether (sulfide) groups is 1. The van der Waals surface area contributed by atoms with E-state index in [1.807, 2.05) is 48.5 Å². The lowest BCUT2D eigenvalue weighted by Crippen LogP contribution is -2.23. The summed E-state index contributed by atoms with van der Waals surface area (Å²) >= 11 is 1.39. The van der Waals surface area contributed by atoms with Gasteiger partial charge in [-0.1, -0.05) is 68.1 Å². The molecule has 0 aliphatic carbocycles. The molecule has 0 radical (unpaired) electrons. The SMILES string of the molecule is CC(C)c1ccccc1-n1c(SCc2cccc([N+](=O)[O-])c2)nc2ccccc2c1=O. The molecule has 0 bridgehead atoms. The standard InChI is InChI=1S/C24H21N3O3S/c1-16(2)19-10-4-6-13-22(19)26-23(28)20-11-3-5-12-21(20)25-24(26)31-15-17-8-7-9-18(14-17)27(29)30/h3-14,16H,15H2,1-2H3. The number of nitrogens with zero attached hydrogens (tertiary/aromatic N) is 3. The first-order valence-electron chi connectivity index (χ1n) is 9.93. The molecule has 0 saturated heterocycles. The van der Waals surface area contributed by atoms with Crippen LogP contribution in [0.5, 0.6) is 0 Å². The summed E-state index contributed by atoms with van der Waals surface area (Å²) in [5, 5.41) is 12.2. The van der Waals surface area contributed by atoms with E-state index in [1.165, 1.54) is 17.8 Å². The molecule has 3 aromatic carbocycles. The maximum Gasteiger partial charge on any atom is 0.269 e. The van der Waals surface area contributed by atoms with Gasteiger partial charge in [0, 0.05) is 17.9 Å². The van der Waals surface area contributed by atoms with Crippen molar-refractivity contribution in [1.82, 2.24) is 9.55 Å². The van der Waals surface area contributed by atoms with E-state index in [9.17, 15) is 14.9 Å². The predicted octanol–water partition coefficient (Wildman–Crippen LogP) is 5.71. The van der Waals surface area contributed by atoms with Gasteiger partial charge in [-0.2, -0.15) is 0 Å². The minimum atomic E-state index is -0.406. The molecule has 0 aliphatic heterocycles. The average molecular weight is 432 g/mol. The zero-order chi connectivity index (χ0) is 22.0. The van der Waals surface area contributed by atoms with Crippen LogP contribution >= 0.6 is 11.8 Å². The van der Waals surface area contributed by atoms with Crippen LogP contribution in [0.4, 0.5) is 5.69 Å². The Kier molecular flexibility index (Phi) is 5.86. The molecular weight excluding hydrogens is 410 g/mol. The highest BCUT2D eigenvalue weighted by atomic mass is 32.2. The Morgan fingerprint density at radius 3 is 2.55 bits per heavy atom. The van der Waals surface area contributed by atoms with E-state index in [0.29, 0.717) is 21.8 Å². The number of hydrogen-bond acceptors (Lipinski definition) is 5. The summed E-state index contributed by atoms with van der Waals surface area (Å²) in [6, 6.07) is 21.7. The third-order valence-electron chi connectivity index (χ3n) is 5.03. The van der Waals surface area contributed by atoms with Crippen molar-refractivity contribution in [1.29, 1.82) is 0 Å². The Balaban J connectivity index is 1.85. The van der Waals surface area contributed by atoms with Crippen molar-refractivity contribution in [2.45, 2.75) is 30.7 Å². The molecule has 0 aliphatic rings. The van der Waals surface area contributed by atoms with Crippen molar-refractivity contribution < 1.29 is 4.92 Å². The molecule has 1 heterocycles. The second kappa shape index (κ2) is 8.73. The van der Waals surface area contributed by atoms with Crippen molar-refractivity contribution in [3.63, 3.8) is 0 Å². The topological polar surface area (TPSA) is 78.0 Å². The number of benzene rings is 3. The van der Waals surface area contributed by atoms with Gasteiger partial charge in [-0.15, -0.1) is 0 Å². The number of hydrogen-bond donors (Lipinski definition) is 0. The van der Waals surface area contributed by atoms with Gasteiger partial charge in [0.1, 0.15) is 0 Å². The van der Waals surface area contributed by atoms with Gasteiger partial charge in [0.15, 0.2) is 5.16 Å². The van der Waals surface area contributed by atoms with Gasteiger partial charge in [-0.25, -0.2) is 4.98 Å². The molecule has 156 valence electrons. The van der Waals surface area contributed by atoms with Crippen LogP contribution in [-0.2, 0) is 5.75 Å². The highest BCUT2D eigenvalue weighted by Crippen LogP contribution is 2.29. The smallest absolute Gasteiger partial charge is 0.268 e. The summed E-state index contributed by atoms with van der Waals surface area (Å²) in [5.74, 6) is 0.681. The van der Waals surface area contributed by atoms with Crippen LogP contribution in [0.2, 0.25) is 0 Å². The maximum absolute atomic E-state index is 13.5. The first kappa shape index (κ1) is 20.8. The van der Waals surface area contributed by atoms with E-state index in [2.05, 4.69) is 13.8 Å². The van der Waals surface area contributed by atoms with Crippen LogP contribution in [0.25, 0.3) is 16.6 Å². The number of nitro groups is 1. The van der Waals surface area contributed by atoms with Crippen molar-refractivity contribution >= 4 is 28.4 Å². The van der Waals surface area contributed by atoms with Crippen molar-refractivity contribution in [2.24, 2.45) is 0 Å². The quantitative estimate of drug-likeness (QED) is 0.169. The number of rotatable bonds is 6.